The molecule has 0 spiro atoms. The van der Waals surface area contributed by atoms with Gasteiger partial charge in [-0.1, -0.05) is 11.6 Å². The van der Waals surface area contributed by atoms with Crippen LogP contribution >= 0.6 is 11.6 Å². The minimum absolute atomic E-state index is 0.0476. The molecule has 0 unspecified atom stereocenters. The minimum Gasteiger partial charge on any atom is -0.325 e. The smallest absolute Gasteiger partial charge is 0.261 e. The van der Waals surface area contributed by atoms with Crippen molar-refractivity contribution in [2.24, 2.45) is 0 Å². The van der Waals surface area contributed by atoms with Gasteiger partial charge in [-0.15, -0.1) is 0 Å². The van der Waals surface area contributed by atoms with Gasteiger partial charge in [-0.2, -0.15) is 0 Å². The lowest BCUT2D eigenvalue weighted by atomic mass is 9.86. The number of halogens is 1. The molecule has 1 amide bonds. The van der Waals surface area contributed by atoms with E-state index in [0.29, 0.717) is 11.3 Å². The summed E-state index contributed by atoms with van der Waals surface area (Å²) in [6, 6.07) is 8.07. The van der Waals surface area contributed by atoms with Crippen LogP contribution in [-0.2, 0) is 30.1 Å². The number of nitrogens with one attached hydrogen (secondary N) is 2. The van der Waals surface area contributed by atoms with E-state index in [4.69, 9.17) is 11.6 Å². The van der Waals surface area contributed by atoms with Crippen LogP contribution in [0.4, 0.5) is 11.4 Å². The molecule has 2 N–H and O–H groups in total. The second-order valence-electron chi connectivity index (χ2n) is 6.81. The molecule has 0 saturated heterocycles. The molecule has 144 valence electrons. The first-order valence-electron chi connectivity index (χ1n) is 7.81. The van der Waals surface area contributed by atoms with E-state index in [1.165, 1.54) is 30.3 Å². The number of sulfonamides is 1. The van der Waals surface area contributed by atoms with Gasteiger partial charge in [-0.3, -0.25) is 9.52 Å². The van der Waals surface area contributed by atoms with Gasteiger partial charge in [0.2, 0.25) is 5.91 Å². The van der Waals surface area contributed by atoms with Gasteiger partial charge in [0.15, 0.2) is 9.84 Å². The van der Waals surface area contributed by atoms with E-state index in [-0.39, 0.29) is 26.4 Å². The van der Waals surface area contributed by atoms with Crippen LogP contribution in [0.25, 0.3) is 0 Å². The molecule has 2 aromatic rings. The van der Waals surface area contributed by atoms with E-state index in [1.54, 1.807) is 13.8 Å². The van der Waals surface area contributed by atoms with E-state index >= 15 is 0 Å². The van der Waals surface area contributed by atoms with Gasteiger partial charge in [0.05, 0.1) is 25.9 Å². The number of sulfone groups is 1. The SMILES string of the molecule is CC1(C)C(=O)Nc2ccc(S(=O)(=O)Nc3cc(S(C)(=O)=O)ccc3Cl)cc21. The third kappa shape index (κ3) is 3.54. The highest BCUT2D eigenvalue weighted by molar-refractivity contribution is 7.92. The fourth-order valence-corrected chi connectivity index (χ4v) is 4.70. The lowest BCUT2D eigenvalue weighted by Crippen LogP contribution is -2.27. The number of hydrogen-bond donors (Lipinski definition) is 2. The standard InChI is InChI=1S/C17H17ClN2O5S2/c1-17(2)12-8-11(5-7-14(12)19-16(17)21)27(24,25)20-15-9-10(26(3,22)23)4-6-13(15)18/h4-9,20H,1-3H3,(H,19,21). The third-order valence-corrected chi connectivity index (χ3v) is 7.20. The molecule has 2 aromatic carbocycles. The molecule has 0 aromatic heterocycles. The predicted molar refractivity (Wildman–Crippen MR) is 103 cm³/mol. The maximum atomic E-state index is 12.8. The molecule has 0 bridgehead atoms. The van der Waals surface area contributed by atoms with Crippen LogP contribution in [-0.4, -0.2) is 29.0 Å². The normalized spacial score (nSPS) is 15.9. The zero-order valence-corrected chi connectivity index (χ0v) is 17.1. The van der Waals surface area contributed by atoms with Crippen molar-refractivity contribution in [1.29, 1.82) is 0 Å². The van der Waals surface area contributed by atoms with Gasteiger partial charge in [0.1, 0.15) is 0 Å². The second kappa shape index (κ2) is 6.22. The Morgan fingerprint density at radius 1 is 1.00 bits per heavy atom. The summed E-state index contributed by atoms with van der Waals surface area (Å²) in [6.45, 7) is 3.40. The highest BCUT2D eigenvalue weighted by Crippen LogP contribution is 2.39. The minimum atomic E-state index is -4.06. The quantitative estimate of drug-likeness (QED) is 0.778. The lowest BCUT2D eigenvalue weighted by Gasteiger charge is -2.16. The molecule has 1 heterocycles. The molecule has 3 rings (SSSR count). The summed E-state index contributed by atoms with van der Waals surface area (Å²) in [6.07, 6.45) is 1.01. The molecule has 0 saturated carbocycles. The molecule has 27 heavy (non-hydrogen) atoms. The summed E-state index contributed by atoms with van der Waals surface area (Å²) in [5.74, 6) is -0.219. The number of fused-ring (bicyclic) bond motifs is 1. The Bertz CT molecular complexity index is 1170. The van der Waals surface area contributed by atoms with Crippen molar-refractivity contribution >= 4 is 48.7 Å². The predicted octanol–water partition coefficient (Wildman–Crippen LogP) is 2.77. The highest BCUT2D eigenvalue weighted by atomic mass is 35.5. The fourth-order valence-electron chi connectivity index (χ4n) is 2.73. The van der Waals surface area contributed by atoms with Crippen LogP contribution in [0.15, 0.2) is 46.2 Å². The maximum Gasteiger partial charge on any atom is 0.261 e. The third-order valence-electron chi connectivity index (χ3n) is 4.40. The molecule has 0 aliphatic carbocycles. The monoisotopic (exact) mass is 428 g/mol. The number of benzene rings is 2. The first-order chi connectivity index (χ1) is 12.3. The maximum absolute atomic E-state index is 12.8. The largest absolute Gasteiger partial charge is 0.325 e. The second-order valence-corrected chi connectivity index (χ2v) is 10.9. The van der Waals surface area contributed by atoms with Gasteiger partial charge >= 0.3 is 0 Å². The van der Waals surface area contributed by atoms with Crippen LogP contribution in [0, 0.1) is 0 Å². The molecule has 1 aliphatic rings. The van der Waals surface area contributed by atoms with Crippen molar-refractivity contribution < 1.29 is 21.6 Å². The van der Waals surface area contributed by atoms with Gasteiger partial charge in [0, 0.05) is 11.9 Å². The average Bonchev–Trinajstić information content (AvgIpc) is 2.77. The number of amides is 1. The summed E-state index contributed by atoms with van der Waals surface area (Å²) in [7, 11) is -7.59. The van der Waals surface area contributed by atoms with E-state index in [0.717, 1.165) is 12.3 Å². The zero-order chi connectivity index (χ0) is 20.2. The number of hydrogen-bond acceptors (Lipinski definition) is 5. The summed E-state index contributed by atoms with van der Waals surface area (Å²) < 4.78 is 51.3. The topological polar surface area (TPSA) is 109 Å². The number of rotatable bonds is 4. The van der Waals surface area contributed by atoms with Crippen LogP contribution in [0.2, 0.25) is 5.02 Å². The van der Waals surface area contributed by atoms with Crippen LogP contribution < -0.4 is 10.0 Å². The fraction of sp³-hybridized carbons (Fsp3) is 0.235. The van der Waals surface area contributed by atoms with Crippen molar-refractivity contribution in [1.82, 2.24) is 0 Å². The van der Waals surface area contributed by atoms with Crippen LogP contribution in [0.1, 0.15) is 19.4 Å². The first kappa shape index (κ1) is 19.7. The Kier molecular flexibility index (Phi) is 4.53. The van der Waals surface area contributed by atoms with E-state index in [1.807, 2.05) is 0 Å². The van der Waals surface area contributed by atoms with Gasteiger partial charge in [-0.05, 0) is 55.8 Å². The molecule has 0 atom stereocenters. The van der Waals surface area contributed by atoms with Crippen molar-refractivity contribution in [3.8, 4) is 0 Å². The summed E-state index contributed by atoms with van der Waals surface area (Å²) in [5.41, 5.74) is 0.204. The Hall–Kier alpha value is -2.10. The van der Waals surface area contributed by atoms with E-state index in [9.17, 15) is 21.6 Å². The van der Waals surface area contributed by atoms with E-state index < -0.39 is 25.3 Å². The molecule has 10 heteroatoms. The van der Waals surface area contributed by atoms with Crippen molar-refractivity contribution in [3.63, 3.8) is 0 Å². The zero-order valence-electron chi connectivity index (χ0n) is 14.7. The van der Waals surface area contributed by atoms with Crippen LogP contribution in [0.3, 0.4) is 0 Å². The molecular formula is C17H17ClN2O5S2. The summed E-state index contributed by atoms with van der Waals surface area (Å²) in [4.78, 5) is 11.9. The number of carbonyl (C=O) groups excluding carboxylic acids is 1. The lowest BCUT2D eigenvalue weighted by molar-refractivity contribution is -0.119. The molecular weight excluding hydrogens is 412 g/mol. The Morgan fingerprint density at radius 2 is 1.63 bits per heavy atom. The number of carbonyl (C=O) groups is 1. The average molecular weight is 429 g/mol. The first-order valence-corrected chi connectivity index (χ1v) is 11.6. The Balaban J connectivity index is 2.03. The molecule has 7 nitrogen and oxygen atoms in total. The summed E-state index contributed by atoms with van der Waals surface area (Å²) in [5, 5.41) is 2.77. The molecule has 0 radical (unpaired) electrons. The van der Waals surface area contributed by atoms with Gasteiger partial charge < -0.3 is 5.32 Å². The molecule has 0 fully saturated rings. The van der Waals surface area contributed by atoms with Gasteiger partial charge in [0.25, 0.3) is 10.0 Å². The summed E-state index contributed by atoms with van der Waals surface area (Å²) >= 11 is 6.02. The number of anilines is 2. The van der Waals surface area contributed by atoms with E-state index in [2.05, 4.69) is 10.0 Å². The van der Waals surface area contributed by atoms with Gasteiger partial charge in [-0.25, -0.2) is 16.8 Å². The Labute approximate surface area is 162 Å². The highest BCUT2D eigenvalue weighted by Gasteiger charge is 2.39. The van der Waals surface area contributed by atoms with Crippen molar-refractivity contribution in [3.05, 3.63) is 47.0 Å². The van der Waals surface area contributed by atoms with Crippen molar-refractivity contribution in [2.45, 2.75) is 29.1 Å². The van der Waals surface area contributed by atoms with Crippen LogP contribution in [0.5, 0.6) is 0 Å². The Morgan fingerprint density at radius 3 is 2.26 bits per heavy atom. The molecule has 1 aliphatic heterocycles. The van der Waals surface area contributed by atoms with Crippen molar-refractivity contribution in [2.75, 3.05) is 16.3 Å².